The molecule has 26 heavy (non-hydrogen) atoms. The summed E-state index contributed by atoms with van der Waals surface area (Å²) in [5.41, 5.74) is 2.49. The zero-order valence-corrected chi connectivity index (χ0v) is 16.3. The van der Waals surface area contributed by atoms with Gasteiger partial charge in [0, 0.05) is 0 Å². The second-order valence-corrected chi connectivity index (χ2v) is 6.34. The molecule has 2 rings (SSSR count). The quantitative estimate of drug-likeness (QED) is 0.530. The third-order valence-electron chi connectivity index (χ3n) is 4.36. The molecule has 4 nitrogen and oxygen atoms in total. The summed E-state index contributed by atoms with van der Waals surface area (Å²) in [5, 5.41) is 0. The first-order valence-electron chi connectivity index (χ1n) is 9.22. The summed E-state index contributed by atoms with van der Waals surface area (Å²) < 4.78 is 22.3. The zero-order valence-electron chi connectivity index (χ0n) is 16.3. The molecular formula is C22H30O4. The van der Waals surface area contributed by atoms with Crippen molar-refractivity contribution in [3.63, 3.8) is 0 Å². The van der Waals surface area contributed by atoms with Crippen LogP contribution in [0.25, 0.3) is 0 Å². The van der Waals surface area contributed by atoms with Gasteiger partial charge < -0.3 is 18.9 Å². The van der Waals surface area contributed by atoms with E-state index in [1.807, 2.05) is 37.3 Å². The van der Waals surface area contributed by atoms with Crippen LogP contribution in [0.15, 0.2) is 42.5 Å². The van der Waals surface area contributed by atoms with Gasteiger partial charge in [0.05, 0.1) is 20.3 Å². The normalized spacial score (nSPS) is 11.8. The molecule has 0 radical (unpaired) electrons. The monoisotopic (exact) mass is 358 g/mol. The number of aryl methyl sites for hydroxylation is 1. The van der Waals surface area contributed by atoms with Crippen molar-refractivity contribution in [1.82, 2.24) is 0 Å². The summed E-state index contributed by atoms with van der Waals surface area (Å²) in [6, 6.07) is 14.2. The van der Waals surface area contributed by atoms with Gasteiger partial charge in [-0.15, -0.1) is 0 Å². The van der Waals surface area contributed by atoms with Crippen LogP contribution in [0.2, 0.25) is 0 Å². The number of methoxy groups -OCH3 is 1. The van der Waals surface area contributed by atoms with Gasteiger partial charge in [0.1, 0.15) is 19.0 Å². The smallest absolute Gasteiger partial charge is 0.161 e. The molecule has 0 bridgehead atoms. The summed E-state index contributed by atoms with van der Waals surface area (Å²) in [4.78, 5) is 0. The Labute approximate surface area is 157 Å². The van der Waals surface area contributed by atoms with Crippen LogP contribution in [0.1, 0.15) is 37.3 Å². The molecule has 0 amide bonds. The SMILES string of the molecule is CC[C@H](C)c1ccc(OCCOCCOc2ccc(C)cc2OC)cc1. The second kappa shape index (κ2) is 10.7. The number of hydrogen-bond acceptors (Lipinski definition) is 4. The molecule has 0 aliphatic carbocycles. The molecule has 2 aromatic carbocycles. The first-order chi connectivity index (χ1) is 12.6. The van der Waals surface area contributed by atoms with Crippen molar-refractivity contribution in [2.45, 2.75) is 33.1 Å². The topological polar surface area (TPSA) is 36.9 Å². The number of ether oxygens (including phenoxy) is 4. The van der Waals surface area contributed by atoms with Crippen LogP contribution in [-0.2, 0) is 4.74 Å². The van der Waals surface area contributed by atoms with Gasteiger partial charge >= 0.3 is 0 Å². The third-order valence-corrected chi connectivity index (χ3v) is 4.36. The molecule has 1 atom stereocenters. The lowest BCUT2D eigenvalue weighted by molar-refractivity contribution is 0.0757. The standard InChI is InChI=1S/C22H30O4/c1-5-18(3)19-7-9-20(10-8-19)25-14-12-24-13-15-26-21-11-6-17(2)16-22(21)23-4/h6-11,16,18H,5,12-15H2,1-4H3/t18-/m0/s1. The predicted molar refractivity (Wildman–Crippen MR) is 105 cm³/mol. The van der Waals surface area contributed by atoms with E-state index in [1.54, 1.807) is 7.11 Å². The van der Waals surface area contributed by atoms with Crippen molar-refractivity contribution in [3.8, 4) is 17.2 Å². The Morgan fingerprint density at radius 2 is 1.54 bits per heavy atom. The highest BCUT2D eigenvalue weighted by Crippen LogP contribution is 2.27. The van der Waals surface area contributed by atoms with Crippen molar-refractivity contribution in [2.75, 3.05) is 33.5 Å². The van der Waals surface area contributed by atoms with Gasteiger partial charge in [0.15, 0.2) is 11.5 Å². The fraction of sp³-hybridized carbons (Fsp3) is 0.455. The van der Waals surface area contributed by atoms with E-state index in [2.05, 4.69) is 26.0 Å². The minimum Gasteiger partial charge on any atom is -0.493 e. The fourth-order valence-electron chi connectivity index (χ4n) is 2.55. The van der Waals surface area contributed by atoms with E-state index in [1.165, 1.54) is 5.56 Å². The van der Waals surface area contributed by atoms with Crippen LogP contribution < -0.4 is 14.2 Å². The van der Waals surface area contributed by atoms with Crippen molar-refractivity contribution < 1.29 is 18.9 Å². The van der Waals surface area contributed by atoms with Gasteiger partial charge in [-0.2, -0.15) is 0 Å². The molecular weight excluding hydrogens is 328 g/mol. The van der Waals surface area contributed by atoms with E-state index in [4.69, 9.17) is 18.9 Å². The van der Waals surface area contributed by atoms with Crippen LogP contribution in [0.5, 0.6) is 17.2 Å². The molecule has 0 aliphatic heterocycles. The number of rotatable bonds is 11. The highest BCUT2D eigenvalue weighted by atomic mass is 16.6. The van der Waals surface area contributed by atoms with Crippen LogP contribution in [0.4, 0.5) is 0 Å². The Bertz CT molecular complexity index is 652. The van der Waals surface area contributed by atoms with Gasteiger partial charge in [-0.3, -0.25) is 0 Å². The molecule has 0 spiro atoms. The molecule has 0 unspecified atom stereocenters. The van der Waals surface area contributed by atoms with Crippen LogP contribution in [0.3, 0.4) is 0 Å². The molecule has 0 N–H and O–H groups in total. The van der Waals surface area contributed by atoms with Crippen molar-refractivity contribution in [3.05, 3.63) is 53.6 Å². The van der Waals surface area contributed by atoms with Crippen molar-refractivity contribution in [2.24, 2.45) is 0 Å². The van der Waals surface area contributed by atoms with E-state index in [0.717, 1.165) is 29.2 Å². The largest absolute Gasteiger partial charge is 0.493 e. The molecule has 2 aromatic rings. The van der Waals surface area contributed by atoms with Crippen molar-refractivity contribution in [1.29, 1.82) is 0 Å². The molecule has 0 fully saturated rings. The van der Waals surface area contributed by atoms with Crippen LogP contribution in [0, 0.1) is 6.92 Å². The average Bonchev–Trinajstić information content (AvgIpc) is 2.67. The minimum atomic E-state index is 0.475. The van der Waals surface area contributed by atoms with Crippen LogP contribution in [-0.4, -0.2) is 33.5 Å². The Balaban J connectivity index is 1.61. The summed E-state index contributed by atoms with van der Waals surface area (Å²) in [5.74, 6) is 2.94. The fourth-order valence-corrected chi connectivity index (χ4v) is 2.55. The summed E-state index contributed by atoms with van der Waals surface area (Å²) in [6.07, 6.45) is 1.14. The van der Waals surface area contributed by atoms with Gasteiger partial charge in [-0.05, 0) is 54.7 Å². The Morgan fingerprint density at radius 3 is 2.19 bits per heavy atom. The van der Waals surface area contributed by atoms with Crippen molar-refractivity contribution >= 4 is 0 Å². The predicted octanol–water partition coefficient (Wildman–Crippen LogP) is 4.99. The van der Waals surface area contributed by atoms with E-state index in [9.17, 15) is 0 Å². The average molecular weight is 358 g/mol. The molecule has 0 aromatic heterocycles. The third kappa shape index (κ3) is 6.26. The summed E-state index contributed by atoms with van der Waals surface area (Å²) in [7, 11) is 1.64. The molecule has 0 aliphatic rings. The molecule has 0 heterocycles. The number of hydrogen-bond donors (Lipinski definition) is 0. The van der Waals surface area contributed by atoms with Gasteiger partial charge in [-0.25, -0.2) is 0 Å². The molecule has 142 valence electrons. The Morgan fingerprint density at radius 1 is 0.846 bits per heavy atom. The Hall–Kier alpha value is -2.20. The maximum Gasteiger partial charge on any atom is 0.161 e. The maximum absolute atomic E-state index is 5.70. The molecule has 0 saturated heterocycles. The summed E-state index contributed by atoms with van der Waals surface area (Å²) >= 11 is 0. The Kier molecular flexibility index (Phi) is 8.29. The van der Waals surface area contributed by atoms with E-state index >= 15 is 0 Å². The lowest BCUT2D eigenvalue weighted by Gasteiger charge is -2.12. The van der Waals surface area contributed by atoms with E-state index in [0.29, 0.717) is 32.3 Å². The second-order valence-electron chi connectivity index (χ2n) is 6.34. The lowest BCUT2D eigenvalue weighted by Crippen LogP contribution is -2.12. The highest BCUT2D eigenvalue weighted by Gasteiger charge is 2.04. The van der Waals surface area contributed by atoms with E-state index < -0.39 is 0 Å². The van der Waals surface area contributed by atoms with Gasteiger partial charge in [0.2, 0.25) is 0 Å². The zero-order chi connectivity index (χ0) is 18.8. The van der Waals surface area contributed by atoms with Gasteiger partial charge in [0.25, 0.3) is 0 Å². The van der Waals surface area contributed by atoms with E-state index in [-0.39, 0.29) is 0 Å². The maximum atomic E-state index is 5.70. The highest BCUT2D eigenvalue weighted by molar-refractivity contribution is 5.42. The lowest BCUT2D eigenvalue weighted by atomic mass is 9.99. The first-order valence-corrected chi connectivity index (χ1v) is 9.22. The molecule has 4 heteroatoms. The minimum absolute atomic E-state index is 0.475. The number of benzene rings is 2. The molecule has 0 saturated carbocycles. The first kappa shape index (κ1) is 20.1. The van der Waals surface area contributed by atoms with Crippen LogP contribution >= 0.6 is 0 Å². The van der Waals surface area contributed by atoms with Gasteiger partial charge in [-0.1, -0.05) is 32.0 Å². The summed E-state index contributed by atoms with van der Waals surface area (Å²) in [6.45, 7) is 8.49.